The van der Waals surface area contributed by atoms with Crippen LogP contribution in [0.15, 0.2) is 15.9 Å². The highest BCUT2D eigenvalue weighted by atomic mass is 79.9. The molecule has 0 radical (unpaired) electrons. The number of rotatable bonds is 1. The van der Waals surface area contributed by atoms with E-state index in [0.29, 0.717) is 4.88 Å². The Balaban J connectivity index is 0.000000364. The summed E-state index contributed by atoms with van der Waals surface area (Å²) in [6, 6.07) is 1.73. The van der Waals surface area contributed by atoms with Crippen LogP contribution in [0.2, 0.25) is 0 Å². The molecule has 0 saturated carbocycles. The van der Waals surface area contributed by atoms with Crippen molar-refractivity contribution >= 4 is 39.0 Å². The third-order valence-corrected chi connectivity index (χ3v) is 2.63. The van der Waals surface area contributed by atoms with Crippen LogP contribution in [-0.2, 0) is 9.53 Å². The molecule has 0 spiro atoms. The van der Waals surface area contributed by atoms with E-state index in [1.165, 1.54) is 32.3 Å². The molecule has 1 rings (SSSR count). The van der Waals surface area contributed by atoms with Crippen molar-refractivity contribution in [1.82, 2.24) is 0 Å². The van der Waals surface area contributed by atoms with Gasteiger partial charge in [-0.25, -0.2) is 4.79 Å². The molecular weight excluding hydrogens is 268 g/mol. The zero-order chi connectivity index (χ0) is 11.1. The summed E-state index contributed by atoms with van der Waals surface area (Å²) in [5.41, 5.74) is 0. The van der Waals surface area contributed by atoms with Gasteiger partial charge in [0.2, 0.25) is 0 Å². The van der Waals surface area contributed by atoms with E-state index in [1.807, 2.05) is 5.38 Å². The molecule has 0 aliphatic rings. The van der Waals surface area contributed by atoms with Gasteiger partial charge in [-0.3, -0.25) is 0 Å². The Morgan fingerprint density at radius 3 is 2.21 bits per heavy atom. The van der Waals surface area contributed by atoms with Gasteiger partial charge in [-0.2, -0.15) is 0 Å². The molecule has 0 aromatic carbocycles. The highest BCUT2D eigenvalue weighted by Crippen LogP contribution is 2.19. The molecule has 14 heavy (non-hydrogen) atoms. The second-order valence-electron chi connectivity index (χ2n) is 2.53. The largest absolute Gasteiger partial charge is 0.465 e. The smallest absolute Gasteiger partial charge is 0.348 e. The van der Waals surface area contributed by atoms with Crippen LogP contribution < -0.4 is 0 Å². The monoisotopic (exact) mass is 278 g/mol. The molecule has 0 atom stereocenters. The lowest BCUT2D eigenvalue weighted by molar-refractivity contribution is -0.114. The lowest BCUT2D eigenvalue weighted by atomic mass is 10.5. The van der Waals surface area contributed by atoms with Crippen molar-refractivity contribution in [2.45, 2.75) is 13.8 Å². The average Bonchev–Trinajstić information content (AvgIpc) is 2.49. The standard InChI is InChI=1S/C6H5BrO2S.C3H6O/c1-9-6(8)5-2-4(7)3-10-5;1-3(2)4/h2-3H,1H3;1-2H3. The van der Waals surface area contributed by atoms with Crippen molar-refractivity contribution in [3.63, 3.8) is 0 Å². The number of esters is 1. The van der Waals surface area contributed by atoms with Gasteiger partial charge in [0, 0.05) is 9.85 Å². The molecule has 1 heterocycles. The summed E-state index contributed by atoms with van der Waals surface area (Å²) in [4.78, 5) is 20.9. The van der Waals surface area contributed by atoms with E-state index in [-0.39, 0.29) is 11.8 Å². The number of methoxy groups -OCH3 is 1. The lowest BCUT2D eigenvalue weighted by Crippen LogP contribution is -1.96. The Bertz CT molecular complexity index is 316. The maximum absolute atomic E-state index is 10.8. The molecule has 0 N–H and O–H groups in total. The first-order valence-electron chi connectivity index (χ1n) is 3.77. The van der Waals surface area contributed by atoms with E-state index in [0.717, 1.165) is 4.47 Å². The van der Waals surface area contributed by atoms with Gasteiger partial charge in [-0.1, -0.05) is 0 Å². The molecule has 0 aliphatic carbocycles. The Morgan fingerprint density at radius 2 is 1.93 bits per heavy atom. The summed E-state index contributed by atoms with van der Waals surface area (Å²) in [7, 11) is 1.37. The summed E-state index contributed by atoms with van der Waals surface area (Å²) in [5, 5.41) is 1.84. The minimum Gasteiger partial charge on any atom is -0.465 e. The van der Waals surface area contributed by atoms with Gasteiger partial charge in [-0.15, -0.1) is 11.3 Å². The maximum atomic E-state index is 10.8. The molecule has 0 saturated heterocycles. The molecule has 1 aromatic heterocycles. The van der Waals surface area contributed by atoms with Crippen LogP contribution in [-0.4, -0.2) is 18.9 Å². The Kier molecular flexibility index (Phi) is 6.40. The third-order valence-electron chi connectivity index (χ3n) is 0.954. The highest BCUT2D eigenvalue weighted by Gasteiger charge is 2.06. The Morgan fingerprint density at radius 1 is 1.43 bits per heavy atom. The molecule has 0 bridgehead atoms. The summed E-state index contributed by atoms with van der Waals surface area (Å²) < 4.78 is 5.41. The van der Waals surface area contributed by atoms with Crippen molar-refractivity contribution < 1.29 is 14.3 Å². The van der Waals surface area contributed by atoms with Crippen LogP contribution in [0.4, 0.5) is 0 Å². The van der Waals surface area contributed by atoms with E-state index in [1.54, 1.807) is 6.07 Å². The molecule has 1 aromatic rings. The SMILES string of the molecule is CC(C)=O.COC(=O)c1cc(Br)cs1. The number of ether oxygens (including phenoxy) is 1. The first kappa shape index (κ1) is 13.3. The molecular formula is C9H11BrO3S. The van der Waals surface area contributed by atoms with Crippen molar-refractivity contribution in [3.8, 4) is 0 Å². The Labute approximate surface area is 95.2 Å². The van der Waals surface area contributed by atoms with Gasteiger partial charge in [0.05, 0.1) is 7.11 Å². The van der Waals surface area contributed by atoms with Crippen molar-refractivity contribution in [2.24, 2.45) is 0 Å². The van der Waals surface area contributed by atoms with Gasteiger partial charge in [-0.05, 0) is 35.8 Å². The van der Waals surface area contributed by atoms with Crippen LogP contribution in [0.3, 0.4) is 0 Å². The summed E-state index contributed by atoms with van der Waals surface area (Å²) >= 11 is 4.59. The van der Waals surface area contributed by atoms with Crippen molar-refractivity contribution in [3.05, 3.63) is 20.8 Å². The van der Waals surface area contributed by atoms with E-state index < -0.39 is 0 Å². The van der Waals surface area contributed by atoms with Gasteiger partial charge < -0.3 is 9.53 Å². The van der Waals surface area contributed by atoms with E-state index >= 15 is 0 Å². The van der Waals surface area contributed by atoms with Crippen LogP contribution in [0.1, 0.15) is 23.5 Å². The van der Waals surface area contributed by atoms with Crippen LogP contribution in [0.5, 0.6) is 0 Å². The quantitative estimate of drug-likeness (QED) is 0.742. The van der Waals surface area contributed by atoms with Crippen molar-refractivity contribution in [2.75, 3.05) is 7.11 Å². The van der Waals surface area contributed by atoms with Gasteiger partial charge in [0.1, 0.15) is 10.7 Å². The predicted octanol–water partition coefficient (Wildman–Crippen LogP) is 2.89. The topological polar surface area (TPSA) is 43.4 Å². The average molecular weight is 279 g/mol. The number of carbonyl (C=O) groups excluding carboxylic acids is 2. The number of halogens is 1. The second kappa shape index (κ2) is 6.73. The first-order valence-corrected chi connectivity index (χ1v) is 5.44. The van der Waals surface area contributed by atoms with Crippen LogP contribution >= 0.6 is 27.3 Å². The third kappa shape index (κ3) is 5.88. The fourth-order valence-electron chi connectivity index (χ4n) is 0.521. The molecule has 0 fully saturated rings. The van der Waals surface area contributed by atoms with Gasteiger partial charge in [0.25, 0.3) is 0 Å². The summed E-state index contributed by atoms with van der Waals surface area (Å²) in [5.74, 6) is -0.115. The van der Waals surface area contributed by atoms with Crippen LogP contribution in [0.25, 0.3) is 0 Å². The molecule has 78 valence electrons. The highest BCUT2D eigenvalue weighted by molar-refractivity contribution is 9.10. The minimum absolute atomic E-state index is 0.167. The molecule has 3 nitrogen and oxygen atoms in total. The molecule has 0 amide bonds. The summed E-state index contributed by atoms with van der Waals surface area (Å²) in [6.07, 6.45) is 0. The predicted molar refractivity (Wildman–Crippen MR) is 59.7 cm³/mol. The fourth-order valence-corrected chi connectivity index (χ4v) is 1.86. The minimum atomic E-state index is -0.282. The van der Waals surface area contributed by atoms with Crippen molar-refractivity contribution in [1.29, 1.82) is 0 Å². The number of hydrogen-bond acceptors (Lipinski definition) is 4. The normalized spacial score (nSPS) is 8.57. The van der Waals surface area contributed by atoms with Crippen LogP contribution in [0, 0.1) is 0 Å². The van der Waals surface area contributed by atoms with Gasteiger partial charge in [0.15, 0.2) is 0 Å². The lowest BCUT2D eigenvalue weighted by Gasteiger charge is -1.90. The number of hydrogen-bond donors (Lipinski definition) is 0. The van der Waals surface area contributed by atoms with Gasteiger partial charge >= 0.3 is 5.97 Å². The maximum Gasteiger partial charge on any atom is 0.348 e. The number of ketones is 1. The zero-order valence-electron chi connectivity index (χ0n) is 8.17. The fraction of sp³-hybridized carbons (Fsp3) is 0.333. The van der Waals surface area contributed by atoms with E-state index in [9.17, 15) is 9.59 Å². The second-order valence-corrected chi connectivity index (χ2v) is 4.36. The molecule has 0 unspecified atom stereocenters. The zero-order valence-corrected chi connectivity index (χ0v) is 10.6. The van der Waals surface area contributed by atoms with E-state index in [2.05, 4.69) is 20.7 Å². The number of Topliss-reactive ketones (excluding diaryl/α,β-unsaturated/α-hetero) is 1. The Hall–Kier alpha value is -0.680. The number of thiophene rings is 1. The molecule has 0 aliphatic heterocycles. The summed E-state index contributed by atoms with van der Waals surface area (Å²) in [6.45, 7) is 3.06. The number of carbonyl (C=O) groups is 2. The molecule has 5 heteroatoms. The first-order chi connectivity index (χ1) is 6.47. The van der Waals surface area contributed by atoms with E-state index in [4.69, 9.17) is 0 Å².